The summed E-state index contributed by atoms with van der Waals surface area (Å²) < 4.78 is 10.6. The molecule has 7 heteroatoms. The Morgan fingerprint density at radius 1 is 1.07 bits per heavy atom. The molecule has 0 aliphatic rings. The Kier molecular flexibility index (Phi) is 6.39. The van der Waals surface area contributed by atoms with Crippen molar-refractivity contribution in [2.24, 2.45) is 0 Å². The molecule has 0 aliphatic heterocycles. The number of nitrogens with zero attached hydrogens (tertiary/aromatic N) is 2. The second-order valence-electron chi connectivity index (χ2n) is 7.09. The first-order valence-electron chi connectivity index (χ1n) is 8.53. The van der Waals surface area contributed by atoms with E-state index in [1.54, 1.807) is 37.8 Å². The number of benzene rings is 2. The van der Waals surface area contributed by atoms with Crippen LogP contribution in [0.4, 0.5) is 10.5 Å². The van der Waals surface area contributed by atoms with E-state index in [1.165, 1.54) is 13.2 Å². The fourth-order valence-electron chi connectivity index (χ4n) is 2.51. The minimum absolute atomic E-state index is 0.117. The minimum atomic E-state index is -0.626. The normalized spacial score (nSPS) is 11.0. The summed E-state index contributed by atoms with van der Waals surface area (Å²) in [4.78, 5) is 24.8. The zero-order valence-electron chi connectivity index (χ0n) is 16.0. The van der Waals surface area contributed by atoms with Crippen LogP contribution in [0.3, 0.4) is 0 Å². The molecule has 0 aliphatic carbocycles. The van der Waals surface area contributed by atoms with Gasteiger partial charge in [0.05, 0.1) is 12.0 Å². The summed E-state index contributed by atoms with van der Waals surface area (Å²) in [5.41, 5.74) is 0.920. The van der Waals surface area contributed by atoms with Gasteiger partial charge in [0.15, 0.2) is 5.75 Å². The summed E-state index contributed by atoms with van der Waals surface area (Å²) in [5, 5.41) is 11.1. The summed E-state index contributed by atoms with van der Waals surface area (Å²) in [7, 11) is 1.38. The average Bonchev–Trinajstić information content (AvgIpc) is 2.60. The van der Waals surface area contributed by atoms with Gasteiger partial charge in [-0.15, -0.1) is 0 Å². The van der Waals surface area contributed by atoms with Crippen molar-refractivity contribution in [2.75, 3.05) is 7.11 Å². The number of rotatable bonds is 6. The Morgan fingerprint density at radius 2 is 1.70 bits per heavy atom. The molecule has 144 valence electrons. The first kappa shape index (κ1) is 20.2. The topological polar surface area (TPSA) is 81.9 Å². The zero-order valence-corrected chi connectivity index (χ0v) is 16.0. The van der Waals surface area contributed by atoms with Gasteiger partial charge in [0.1, 0.15) is 5.60 Å². The van der Waals surface area contributed by atoms with Crippen molar-refractivity contribution in [3.8, 4) is 5.75 Å². The van der Waals surface area contributed by atoms with Crippen LogP contribution in [0, 0.1) is 10.1 Å². The summed E-state index contributed by atoms with van der Waals surface area (Å²) >= 11 is 0. The number of amides is 1. The molecule has 0 N–H and O–H groups in total. The van der Waals surface area contributed by atoms with Gasteiger partial charge in [-0.2, -0.15) is 0 Å². The highest BCUT2D eigenvalue weighted by Gasteiger charge is 2.23. The van der Waals surface area contributed by atoms with Crippen molar-refractivity contribution in [1.29, 1.82) is 0 Å². The van der Waals surface area contributed by atoms with Gasteiger partial charge in [-0.25, -0.2) is 4.79 Å². The summed E-state index contributed by atoms with van der Waals surface area (Å²) in [6.07, 6.45) is -0.455. The Morgan fingerprint density at radius 3 is 2.26 bits per heavy atom. The predicted molar refractivity (Wildman–Crippen MR) is 102 cm³/mol. The molecule has 0 radical (unpaired) electrons. The summed E-state index contributed by atoms with van der Waals surface area (Å²) in [5.74, 6) is 0.154. The highest BCUT2D eigenvalue weighted by molar-refractivity contribution is 5.68. The van der Waals surface area contributed by atoms with Crippen molar-refractivity contribution in [3.05, 3.63) is 69.8 Å². The number of nitro groups is 1. The van der Waals surface area contributed by atoms with E-state index in [-0.39, 0.29) is 18.0 Å². The van der Waals surface area contributed by atoms with E-state index in [0.717, 1.165) is 5.56 Å². The molecule has 2 aromatic rings. The molecule has 0 aromatic heterocycles. The smallest absolute Gasteiger partial charge is 0.410 e. The lowest BCUT2D eigenvalue weighted by Gasteiger charge is -2.27. The lowest BCUT2D eigenvalue weighted by molar-refractivity contribution is -0.385. The van der Waals surface area contributed by atoms with Crippen LogP contribution in [0.5, 0.6) is 5.75 Å². The van der Waals surface area contributed by atoms with Crippen LogP contribution in [0.25, 0.3) is 0 Å². The van der Waals surface area contributed by atoms with E-state index >= 15 is 0 Å². The summed E-state index contributed by atoms with van der Waals surface area (Å²) in [6.45, 7) is 6.01. The number of carbonyl (C=O) groups excluding carboxylic acids is 1. The molecule has 0 saturated heterocycles. The van der Waals surface area contributed by atoms with Crippen LogP contribution in [-0.4, -0.2) is 28.6 Å². The SMILES string of the molecule is COc1cc(CN(Cc2ccccc2)C(=O)OC(C)(C)C)ccc1[N+](=O)[O-]. The Hall–Kier alpha value is -3.09. The van der Waals surface area contributed by atoms with Crippen LogP contribution in [0.2, 0.25) is 0 Å². The second-order valence-corrected chi connectivity index (χ2v) is 7.09. The maximum atomic E-state index is 12.7. The highest BCUT2D eigenvalue weighted by atomic mass is 16.6. The van der Waals surface area contributed by atoms with Gasteiger partial charge in [0, 0.05) is 19.2 Å². The second kappa shape index (κ2) is 8.53. The molecule has 0 saturated carbocycles. The van der Waals surface area contributed by atoms with Gasteiger partial charge in [0.25, 0.3) is 0 Å². The number of hydrogen-bond donors (Lipinski definition) is 0. The van der Waals surface area contributed by atoms with Crippen molar-refractivity contribution in [2.45, 2.75) is 39.5 Å². The van der Waals surface area contributed by atoms with Crippen LogP contribution >= 0.6 is 0 Å². The number of carbonyl (C=O) groups is 1. The van der Waals surface area contributed by atoms with Crippen LogP contribution in [0.15, 0.2) is 48.5 Å². The van der Waals surface area contributed by atoms with Gasteiger partial charge in [-0.05, 0) is 38.0 Å². The minimum Gasteiger partial charge on any atom is -0.490 e. The van der Waals surface area contributed by atoms with E-state index in [1.807, 2.05) is 30.3 Å². The van der Waals surface area contributed by atoms with E-state index in [0.29, 0.717) is 12.1 Å². The van der Waals surface area contributed by atoms with Crippen LogP contribution < -0.4 is 4.74 Å². The molecule has 2 rings (SSSR count). The van der Waals surface area contributed by atoms with Gasteiger partial charge >= 0.3 is 11.8 Å². The maximum Gasteiger partial charge on any atom is 0.410 e. The lowest BCUT2D eigenvalue weighted by Crippen LogP contribution is -2.36. The average molecular weight is 372 g/mol. The molecule has 27 heavy (non-hydrogen) atoms. The molecule has 0 bridgehead atoms. The van der Waals surface area contributed by atoms with Crippen LogP contribution in [-0.2, 0) is 17.8 Å². The van der Waals surface area contributed by atoms with Gasteiger partial charge in [-0.1, -0.05) is 36.4 Å². The third-order valence-electron chi connectivity index (χ3n) is 3.68. The van der Waals surface area contributed by atoms with E-state index in [4.69, 9.17) is 9.47 Å². The quantitative estimate of drug-likeness (QED) is 0.549. The van der Waals surface area contributed by atoms with Gasteiger partial charge < -0.3 is 9.47 Å². The van der Waals surface area contributed by atoms with E-state index in [2.05, 4.69) is 0 Å². The molecule has 7 nitrogen and oxygen atoms in total. The number of hydrogen-bond acceptors (Lipinski definition) is 5. The standard InChI is InChI=1S/C20H24N2O5/c1-20(2,3)27-19(23)21(13-15-8-6-5-7-9-15)14-16-10-11-17(22(24)25)18(12-16)26-4/h5-12H,13-14H2,1-4H3. The Labute approximate surface area is 158 Å². The largest absolute Gasteiger partial charge is 0.490 e. The Balaban J connectivity index is 2.28. The molecular weight excluding hydrogens is 348 g/mol. The van der Waals surface area contributed by atoms with Crippen molar-refractivity contribution >= 4 is 11.8 Å². The zero-order chi connectivity index (χ0) is 20.0. The third kappa shape index (κ3) is 5.99. The molecule has 0 fully saturated rings. The first-order chi connectivity index (χ1) is 12.7. The van der Waals surface area contributed by atoms with Crippen LogP contribution in [0.1, 0.15) is 31.9 Å². The number of nitro benzene ring substituents is 1. The fraction of sp³-hybridized carbons (Fsp3) is 0.350. The van der Waals surface area contributed by atoms with E-state index < -0.39 is 16.6 Å². The molecule has 2 aromatic carbocycles. The third-order valence-corrected chi connectivity index (χ3v) is 3.68. The molecule has 0 unspecified atom stereocenters. The monoisotopic (exact) mass is 372 g/mol. The van der Waals surface area contributed by atoms with Crippen molar-refractivity contribution in [3.63, 3.8) is 0 Å². The van der Waals surface area contributed by atoms with Crippen molar-refractivity contribution < 1.29 is 19.2 Å². The highest BCUT2D eigenvalue weighted by Crippen LogP contribution is 2.28. The first-order valence-corrected chi connectivity index (χ1v) is 8.53. The van der Waals surface area contributed by atoms with Gasteiger partial charge in [-0.3, -0.25) is 15.0 Å². The number of methoxy groups -OCH3 is 1. The molecule has 0 heterocycles. The summed E-state index contributed by atoms with van der Waals surface area (Å²) in [6, 6.07) is 14.1. The van der Waals surface area contributed by atoms with E-state index in [9.17, 15) is 14.9 Å². The Bertz CT molecular complexity index is 800. The predicted octanol–water partition coefficient (Wildman–Crippen LogP) is 4.54. The lowest BCUT2D eigenvalue weighted by atomic mass is 10.1. The molecular formula is C20H24N2O5. The molecule has 1 amide bonds. The molecule has 0 atom stereocenters. The fourth-order valence-corrected chi connectivity index (χ4v) is 2.51. The maximum absolute atomic E-state index is 12.7. The van der Waals surface area contributed by atoms with Gasteiger partial charge in [0.2, 0.25) is 0 Å². The van der Waals surface area contributed by atoms with Crippen molar-refractivity contribution in [1.82, 2.24) is 4.90 Å². The molecule has 0 spiro atoms. The number of ether oxygens (including phenoxy) is 2.